The van der Waals surface area contributed by atoms with Crippen LogP contribution >= 0.6 is 15.9 Å². The SMILES string of the molecule is Cc1ccc(S(=O)(=O)N2CCCN(C(=O)COc3ccc(Br)cc3)CC2)cc1. The first-order chi connectivity index (χ1) is 13.4. The summed E-state index contributed by atoms with van der Waals surface area (Å²) < 4.78 is 33.7. The number of carbonyl (C=O) groups excluding carboxylic acids is 1. The molecule has 2 aromatic carbocycles. The van der Waals surface area contributed by atoms with Crippen molar-refractivity contribution in [2.75, 3.05) is 32.8 Å². The van der Waals surface area contributed by atoms with Crippen LogP contribution in [0.25, 0.3) is 0 Å². The van der Waals surface area contributed by atoms with Crippen LogP contribution in [0, 0.1) is 6.92 Å². The van der Waals surface area contributed by atoms with Crippen molar-refractivity contribution in [2.24, 2.45) is 0 Å². The summed E-state index contributed by atoms with van der Waals surface area (Å²) in [5, 5.41) is 0. The lowest BCUT2D eigenvalue weighted by Gasteiger charge is -2.22. The molecule has 28 heavy (non-hydrogen) atoms. The van der Waals surface area contributed by atoms with Gasteiger partial charge in [-0.1, -0.05) is 33.6 Å². The molecule has 3 rings (SSSR count). The van der Waals surface area contributed by atoms with Crippen LogP contribution < -0.4 is 4.74 Å². The van der Waals surface area contributed by atoms with Crippen LogP contribution in [0.4, 0.5) is 0 Å². The molecule has 1 fully saturated rings. The van der Waals surface area contributed by atoms with Gasteiger partial charge in [-0.2, -0.15) is 4.31 Å². The van der Waals surface area contributed by atoms with E-state index in [4.69, 9.17) is 4.74 Å². The van der Waals surface area contributed by atoms with Crippen molar-refractivity contribution in [3.05, 3.63) is 58.6 Å². The van der Waals surface area contributed by atoms with Crippen molar-refractivity contribution in [2.45, 2.75) is 18.2 Å². The van der Waals surface area contributed by atoms with Crippen LogP contribution in [-0.4, -0.2) is 56.3 Å². The monoisotopic (exact) mass is 466 g/mol. The van der Waals surface area contributed by atoms with E-state index < -0.39 is 10.0 Å². The van der Waals surface area contributed by atoms with Crippen LogP contribution in [0.2, 0.25) is 0 Å². The Morgan fingerprint density at radius 2 is 1.68 bits per heavy atom. The number of hydrogen-bond donors (Lipinski definition) is 0. The molecular weight excluding hydrogens is 444 g/mol. The zero-order chi connectivity index (χ0) is 20.1. The lowest BCUT2D eigenvalue weighted by Crippen LogP contribution is -2.39. The summed E-state index contributed by atoms with van der Waals surface area (Å²) in [7, 11) is -3.55. The molecular formula is C20H23BrN2O4S. The number of halogens is 1. The highest BCUT2D eigenvalue weighted by atomic mass is 79.9. The first-order valence-electron chi connectivity index (χ1n) is 9.09. The van der Waals surface area contributed by atoms with E-state index in [-0.39, 0.29) is 24.0 Å². The van der Waals surface area contributed by atoms with Gasteiger partial charge in [-0.15, -0.1) is 0 Å². The van der Waals surface area contributed by atoms with Gasteiger partial charge in [0.1, 0.15) is 5.75 Å². The maximum atomic E-state index is 12.9. The van der Waals surface area contributed by atoms with Crippen molar-refractivity contribution in [1.82, 2.24) is 9.21 Å². The van der Waals surface area contributed by atoms with Gasteiger partial charge in [0.2, 0.25) is 10.0 Å². The van der Waals surface area contributed by atoms with Crippen LogP contribution in [0.15, 0.2) is 57.9 Å². The van der Waals surface area contributed by atoms with Gasteiger partial charge in [-0.05, 0) is 49.7 Å². The van der Waals surface area contributed by atoms with Crippen LogP contribution in [0.1, 0.15) is 12.0 Å². The van der Waals surface area contributed by atoms with Gasteiger partial charge in [-0.25, -0.2) is 8.42 Å². The van der Waals surface area contributed by atoms with Gasteiger partial charge >= 0.3 is 0 Å². The zero-order valence-corrected chi connectivity index (χ0v) is 18.1. The summed E-state index contributed by atoms with van der Waals surface area (Å²) in [5.41, 5.74) is 1.01. The molecule has 0 N–H and O–H groups in total. The third kappa shape index (κ3) is 5.12. The molecule has 0 aliphatic carbocycles. The Bertz CT molecular complexity index is 914. The number of rotatable bonds is 5. The fourth-order valence-corrected chi connectivity index (χ4v) is 4.74. The fraction of sp³-hybridized carbons (Fsp3) is 0.350. The minimum Gasteiger partial charge on any atom is -0.484 e. The van der Waals surface area contributed by atoms with Crippen LogP contribution in [-0.2, 0) is 14.8 Å². The Morgan fingerprint density at radius 3 is 2.36 bits per heavy atom. The lowest BCUT2D eigenvalue weighted by molar-refractivity contribution is -0.133. The smallest absolute Gasteiger partial charge is 0.260 e. The minimum absolute atomic E-state index is 0.0632. The number of hydrogen-bond acceptors (Lipinski definition) is 4. The number of sulfonamides is 1. The Morgan fingerprint density at radius 1 is 1.00 bits per heavy atom. The van der Waals surface area contributed by atoms with Gasteiger partial charge in [-0.3, -0.25) is 4.79 Å². The van der Waals surface area contributed by atoms with E-state index in [2.05, 4.69) is 15.9 Å². The molecule has 0 saturated carbocycles. The maximum absolute atomic E-state index is 12.9. The number of benzene rings is 2. The van der Waals surface area contributed by atoms with Crippen LogP contribution in [0.3, 0.4) is 0 Å². The second-order valence-corrected chi connectivity index (χ2v) is 9.55. The van der Waals surface area contributed by atoms with Gasteiger partial charge in [0.25, 0.3) is 5.91 Å². The van der Waals surface area contributed by atoms with Gasteiger partial charge in [0.15, 0.2) is 6.61 Å². The standard InChI is InChI=1S/C20H23BrN2O4S/c1-16-3-9-19(10-4-16)28(25,26)23-12-2-11-22(13-14-23)20(24)15-27-18-7-5-17(21)6-8-18/h3-10H,2,11-15H2,1H3. The minimum atomic E-state index is -3.55. The molecule has 1 heterocycles. The molecule has 2 aromatic rings. The van der Waals surface area contributed by atoms with E-state index in [1.807, 2.05) is 19.1 Å². The van der Waals surface area contributed by atoms with Crippen LogP contribution in [0.5, 0.6) is 5.75 Å². The average Bonchev–Trinajstić information content (AvgIpc) is 2.94. The highest BCUT2D eigenvalue weighted by Crippen LogP contribution is 2.19. The highest BCUT2D eigenvalue weighted by molar-refractivity contribution is 9.10. The maximum Gasteiger partial charge on any atom is 0.260 e. The summed E-state index contributed by atoms with van der Waals surface area (Å²) in [6.45, 7) is 3.40. The molecule has 8 heteroatoms. The first-order valence-corrected chi connectivity index (χ1v) is 11.3. The zero-order valence-electron chi connectivity index (χ0n) is 15.7. The van der Waals surface area contributed by atoms with Crippen molar-refractivity contribution < 1.29 is 17.9 Å². The predicted molar refractivity (Wildman–Crippen MR) is 111 cm³/mol. The molecule has 1 aliphatic heterocycles. The molecule has 0 unspecified atom stereocenters. The van der Waals surface area contributed by atoms with E-state index in [1.165, 1.54) is 4.31 Å². The number of carbonyl (C=O) groups is 1. The number of ether oxygens (including phenoxy) is 1. The molecule has 0 spiro atoms. The molecule has 0 radical (unpaired) electrons. The third-order valence-electron chi connectivity index (χ3n) is 4.64. The predicted octanol–water partition coefficient (Wildman–Crippen LogP) is 3.06. The molecule has 0 bridgehead atoms. The number of nitrogens with zero attached hydrogens (tertiary/aromatic N) is 2. The molecule has 1 amide bonds. The molecule has 1 aliphatic rings. The summed E-state index contributed by atoms with van der Waals surface area (Å²) >= 11 is 3.35. The van der Waals surface area contributed by atoms with E-state index >= 15 is 0 Å². The van der Waals surface area contributed by atoms with Gasteiger partial charge in [0.05, 0.1) is 4.90 Å². The lowest BCUT2D eigenvalue weighted by atomic mass is 10.2. The summed E-state index contributed by atoms with van der Waals surface area (Å²) in [6, 6.07) is 14.1. The summed E-state index contributed by atoms with van der Waals surface area (Å²) in [6.07, 6.45) is 0.592. The second kappa shape index (κ2) is 9.07. The Hall–Kier alpha value is -1.90. The largest absolute Gasteiger partial charge is 0.484 e. The van der Waals surface area contributed by atoms with E-state index in [0.717, 1.165) is 10.0 Å². The van der Waals surface area contributed by atoms with Gasteiger partial charge in [0, 0.05) is 30.7 Å². The Labute approximate surface area is 174 Å². The molecule has 1 saturated heterocycles. The Balaban J connectivity index is 1.58. The van der Waals surface area contributed by atoms with Crippen molar-refractivity contribution in [3.8, 4) is 5.75 Å². The fourth-order valence-electron chi connectivity index (χ4n) is 3.01. The third-order valence-corrected chi connectivity index (χ3v) is 7.08. The second-order valence-electron chi connectivity index (χ2n) is 6.69. The molecule has 0 atom stereocenters. The van der Waals surface area contributed by atoms with Gasteiger partial charge < -0.3 is 9.64 Å². The quantitative estimate of drug-likeness (QED) is 0.678. The number of aryl methyl sites for hydroxylation is 1. The molecule has 0 aromatic heterocycles. The first kappa shape index (κ1) is 20.8. The summed E-state index contributed by atoms with van der Waals surface area (Å²) in [4.78, 5) is 14.4. The van der Waals surface area contributed by atoms with E-state index in [1.54, 1.807) is 41.3 Å². The molecule has 6 nitrogen and oxygen atoms in total. The molecule has 150 valence electrons. The van der Waals surface area contributed by atoms with E-state index in [9.17, 15) is 13.2 Å². The topological polar surface area (TPSA) is 66.9 Å². The van der Waals surface area contributed by atoms with E-state index in [0.29, 0.717) is 31.8 Å². The normalized spacial score (nSPS) is 15.9. The average molecular weight is 467 g/mol. The van der Waals surface area contributed by atoms with Crippen molar-refractivity contribution >= 4 is 31.9 Å². The van der Waals surface area contributed by atoms with Crippen molar-refractivity contribution in [1.29, 1.82) is 0 Å². The van der Waals surface area contributed by atoms with Crippen molar-refractivity contribution in [3.63, 3.8) is 0 Å². The Kier molecular flexibility index (Phi) is 6.74. The summed E-state index contributed by atoms with van der Waals surface area (Å²) in [5.74, 6) is 0.479. The number of amides is 1. The highest BCUT2D eigenvalue weighted by Gasteiger charge is 2.28.